The van der Waals surface area contributed by atoms with Crippen LogP contribution < -0.4 is 19.1 Å². The minimum atomic E-state index is -0.360. The molecule has 0 aromatic heterocycles. The normalized spacial score (nSPS) is 21.0. The maximum atomic E-state index is 13.8. The van der Waals surface area contributed by atoms with Gasteiger partial charge in [0.05, 0.1) is 32.6 Å². The van der Waals surface area contributed by atoms with E-state index in [2.05, 4.69) is 18.7 Å². The molecule has 174 valence electrons. The molecule has 2 heterocycles. The Balaban J connectivity index is 1.86. The van der Waals surface area contributed by atoms with E-state index in [0.717, 1.165) is 19.5 Å². The van der Waals surface area contributed by atoms with Gasteiger partial charge in [-0.1, -0.05) is 26.0 Å². The molecular formula is C26H30N2O5. The molecule has 2 aliphatic heterocycles. The van der Waals surface area contributed by atoms with Crippen molar-refractivity contribution in [3.05, 3.63) is 53.7 Å². The van der Waals surface area contributed by atoms with Crippen molar-refractivity contribution >= 4 is 23.1 Å². The molecule has 1 saturated heterocycles. The summed E-state index contributed by atoms with van der Waals surface area (Å²) in [7, 11) is 4.67. The first kappa shape index (κ1) is 22.7. The van der Waals surface area contributed by atoms with Crippen LogP contribution in [0, 0.1) is 11.8 Å². The van der Waals surface area contributed by atoms with Crippen molar-refractivity contribution in [2.45, 2.75) is 20.3 Å². The zero-order chi connectivity index (χ0) is 23.7. The quantitative estimate of drug-likeness (QED) is 0.621. The minimum Gasteiger partial charge on any atom is -0.497 e. The fraction of sp³-hybridized carbons (Fsp3) is 0.385. The molecule has 0 spiro atoms. The Labute approximate surface area is 194 Å². The standard InChI is InChI=1S/C26H30N2O5/c1-16-11-17(2)15-27(14-16)24-23(18-9-10-21(32-4)22(12-18)33-5)25(29)28(26(24)30)19-7-6-8-20(13-19)31-3/h6-10,12-13,16-17H,11,14-15H2,1-5H3. The summed E-state index contributed by atoms with van der Waals surface area (Å²) < 4.78 is 16.1. The van der Waals surface area contributed by atoms with Crippen LogP contribution in [0.15, 0.2) is 48.2 Å². The average Bonchev–Trinajstić information content (AvgIpc) is 3.07. The monoisotopic (exact) mass is 450 g/mol. The summed E-state index contributed by atoms with van der Waals surface area (Å²) in [6.45, 7) is 5.81. The number of carbonyl (C=O) groups excluding carboxylic acids is 2. The molecule has 33 heavy (non-hydrogen) atoms. The molecule has 2 aliphatic rings. The SMILES string of the molecule is COc1cccc(N2C(=O)C(c3ccc(OC)c(OC)c3)=C(N3CC(C)CC(C)C3)C2=O)c1. The summed E-state index contributed by atoms with van der Waals surface area (Å²) in [4.78, 5) is 30.9. The Morgan fingerprint density at radius 3 is 2.15 bits per heavy atom. The second kappa shape index (κ2) is 9.17. The number of hydrogen-bond acceptors (Lipinski definition) is 6. The summed E-state index contributed by atoms with van der Waals surface area (Å²) in [6.07, 6.45) is 1.09. The number of anilines is 1. The number of nitrogens with zero attached hydrogens (tertiary/aromatic N) is 2. The number of likely N-dealkylation sites (tertiary alicyclic amines) is 1. The lowest BCUT2D eigenvalue weighted by Crippen LogP contribution is -2.42. The van der Waals surface area contributed by atoms with Gasteiger partial charge in [0.25, 0.3) is 11.8 Å². The van der Waals surface area contributed by atoms with E-state index in [4.69, 9.17) is 14.2 Å². The second-order valence-corrected chi connectivity index (χ2v) is 8.79. The third kappa shape index (κ3) is 4.15. The fourth-order valence-electron chi connectivity index (χ4n) is 4.89. The van der Waals surface area contributed by atoms with E-state index in [1.54, 1.807) is 63.8 Å². The van der Waals surface area contributed by atoms with Gasteiger partial charge in [-0.3, -0.25) is 9.59 Å². The molecule has 0 saturated carbocycles. The zero-order valence-electron chi connectivity index (χ0n) is 19.8. The van der Waals surface area contributed by atoms with Crippen LogP contribution in [0.4, 0.5) is 5.69 Å². The van der Waals surface area contributed by atoms with Crippen LogP contribution in [0.1, 0.15) is 25.8 Å². The third-order valence-corrected chi connectivity index (χ3v) is 6.23. The lowest BCUT2D eigenvalue weighted by Gasteiger charge is -2.37. The van der Waals surface area contributed by atoms with Gasteiger partial charge in [-0.25, -0.2) is 4.90 Å². The topological polar surface area (TPSA) is 68.3 Å². The minimum absolute atomic E-state index is 0.320. The summed E-state index contributed by atoms with van der Waals surface area (Å²) in [5.74, 6) is 1.80. The zero-order valence-corrected chi connectivity index (χ0v) is 19.8. The highest BCUT2D eigenvalue weighted by molar-refractivity contribution is 6.45. The molecule has 0 N–H and O–H groups in total. The van der Waals surface area contributed by atoms with Crippen LogP contribution in [0.25, 0.3) is 5.57 Å². The van der Waals surface area contributed by atoms with Gasteiger partial charge in [-0.05, 0) is 48.1 Å². The van der Waals surface area contributed by atoms with E-state index in [1.807, 2.05) is 0 Å². The van der Waals surface area contributed by atoms with E-state index < -0.39 is 0 Å². The Hall–Kier alpha value is -3.48. The first-order valence-electron chi connectivity index (χ1n) is 11.1. The van der Waals surface area contributed by atoms with Crippen molar-refractivity contribution in [1.82, 2.24) is 4.90 Å². The molecule has 2 amide bonds. The van der Waals surface area contributed by atoms with Crippen molar-refractivity contribution in [3.63, 3.8) is 0 Å². The van der Waals surface area contributed by atoms with Crippen molar-refractivity contribution < 1.29 is 23.8 Å². The number of hydrogen-bond donors (Lipinski definition) is 0. The van der Waals surface area contributed by atoms with Crippen molar-refractivity contribution in [2.75, 3.05) is 39.3 Å². The molecule has 4 rings (SSSR count). The first-order valence-corrected chi connectivity index (χ1v) is 11.1. The van der Waals surface area contributed by atoms with Crippen LogP contribution in [0.3, 0.4) is 0 Å². The number of piperidine rings is 1. The van der Waals surface area contributed by atoms with E-state index >= 15 is 0 Å². The molecule has 2 unspecified atom stereocenters. The number of carbonyl (C=O) groups is 2. The highest BCUT2D eigenvalue weighted by Crippen LogP contribution is 2.40. The maximum absolute atomic E-state index is 13.8. The average molecular weight is 451 g/mol. The predicted octanol–water partition coefficient (Wildman–Crippen LogP) is 3.97. The van der Waals surface area contributed by atoms with Gasteiger partial charge in [0.15, 0.2) is 11.5 Å². The molecule has 2 aromatic carbocycles. The lowest BCUT2D eigenvalue weighted by molar-refractivity contribution is -0.120. The van der Waals surface area contributed by atoms with Crippen LogP contribution in [0.2, 0.25) is 0 Å². The first-order chi connectivity index (χ1) is 15.9. The van der Waals surface area contributed by atoms with Crippen molar-refractivity contribution in [2.24, 2.45) is 11.8 Å². The predicted molar refractivity (Wildman–Crippen MR) is 126 cm³/mol. The second-order valence-electron chi connectivity index (χ2n) is 8.79. The highest BCUT2D eigenvalue weighted by Gasteiger charge is 2.44. The molecule has 2 atom stereocenters. The van der Waals surface area contributed by atoms with Crippen LogP contribution in [-0.2, 0) is 9.59 Å². The van der Waals surface area contributed by atoms with Gasteiger partial charge in [0, 0.05) is 19.2 Å². The fourth-order valence-corrected chi connectivity index (χ4v) is 4.89. The van der Waals surface area contributed by atoms with Gasteiger partial charge in [0.1, 0.15) is 11.4 Å². The third-order valence-electron chi connectivity index (χ3n) is 6.23. The summed E-state index contributed by atoms with van der Waals surface area (Å²) >= 11 is 0. The summed E-state index contributed by atoms with van der Waals surface area (Å²) in [5.41, 5.74) is 1.92. The van der Waals surface area contributed by atoms with Gasteiger partial charge >= 0.3 is 0 Å². The van der Waals surface area contributed by atoms with Gasteiger partial charge in [0.2, 0.25) is 0 Å². The highest BCUT2D eigenvalue weighted by atomic mass is 16.5. The Bertz CT molecular complexity index is 1100. The smallest absolute Gasteiger partial charge is 0.282 e. The van der Waals surface area contributed by atoms with E-state index in [-0.39, 0.29) is 11.8 Å². The number of rotatable bonds is 6. The Morgan fingerprint density at radius 1 is 0.818 bits per heavy atom. The van der Waals surface area contributed by atoms with Gasteiger partial charge in [-0.15, -0.1) is 0 Å². The Morgan fingerprint density at radius 2 is 1.52 bits per heavy atom. The van der Waals surface area contributed by atoms with Crippen LogP contribution in [0.5, 0.6) is 17.2 Å². The lowest BCUT2D eigenvalue weighted by atomic mass is 9.91. The van der Waals surface area contributed by atoms with Crippen molar-refractivity contribution in [1.29, 1.82) is 0 Å². The number of methoxy groups -OCH3 is 3. The molecule has 7 heteroatoms. The number of benzene rings is 2. The van der Waals surface area contributed by atoms with Gasteiger partial charge in [-0.2, -0.15) is 0 Å². The molecular weight excluding hydrogens is 420 g/mol. The van der Waals surface area contributed by atoms with E-state index in [1.165, 1.54) is 4.90 Å². The van der Waals surface area contributed by atoms with Gasteiger partial charge < -0.3 is 19.1 Å². The van der Waals surface area contributed by atoms with E-state index in [0.29, 0.717) is 51.6 Å². The summed E-state index contributed by atoms with van der Waals surface area (Å²) in [5, 5.41) is 0. The number of imide groups is 1. The molecule has 0 radical (unpaired) electrons. The molecule has 1 fully saturated rings. The maximum Gasteiger partial charge on any atom is 0.282 e. The van der Waals surface area contributed by atoms with Crippen LogP contribution >= 0.6 is 0 Å². The van der Waals surface area contributed by atoms with Crippen LogP contribution in [-0.4, -0.2) is 51.1 Å². The Kier molecular flexibility index (Phi) is 6.31. The number of ether oxygens (including phenoxy) is 3. The molecule has 0 aliphatic carbocycles. The molecule has 7 nitrogen and oxygen atoms in total. The summed E-state index contributed by atoms with van der Waals surface area (Å²) in [6, 6.07) is 12.3. The number of amides is 2. The largest absolute Gasteiger partial charge is 0.497 e. The molecule has 0 bridgehead atoms. The van der Waals surface area contributed by atoms with E-state index in [9.17, 15) is 9.59 Å². The van der Waals surface area contributed by atoms with Crippen molar-refractivity contribution in [3.8, 4) is 17.2 Å². The molecule has 2 aromatic rings.